The van der Waals surface area contributed by atoms with Crippen LogP contribution in [-0.2, 0) is 0 Å². The average Bonchev–Trinajstić information content (AvgIpc) is 2.58. The minimum Gasteiger partial charge on any atom is -0.339 e. The Hall–Kier alpha value is -2.43. The van der Waals surface area contributed by atoms with Gasteiger partial charge in [-0.3, -0.25) is 4.79 Å². The van der Waals surface area contributed by atoms with E-state index in [-0.39, 0.29) is 5.91 Å². The maximum Gasteiger partial charge on any atom is 0.256 e. The molecule has 1 aromatic heterocycles. The van der Waals surface area contributed by atoms with E-state index in [1.807, 2.05) is 36.1 Å². The number of rotatable bonds is 3. The molecule has 3 rings (SSSR count). The van der Waals surface area contributed by atoms with Gasteiger partial charge in [-0.15, -0.1) is 0 Å². The molecule has 2 heterocycles. The number of carbonyl (C=O) groups is 1. The third kappa shape index (κ3) is 3.86. The van der Waals surface area contributed by atoms with Crippen LogP contribution in [0.5, 0.6) is 0 Å². The molecule has 1 aliphatic rings. The van der Waals surface area contributed by atoms with Crippen LogP contribution in [0.3, 0.4) is 0 Å². The number of hydrogen-bond acceptors (Lipinski definition) is 4. The van der Waals surface area contributed by atoms with Gasteiger partial charge < -0.3 is 10.2 Å². The number of aromatic nitrogens is 2. The van der Waals surface area contributed by atoms with Crippen LogP contribution in [0.4, 0.5) is 11.6 Å². The molecule has 0 saturated carbocycles. The molecule has 1 aliphatic heterocycles. The van der Waals surface area contributed by atoms with Gasteiger partial charge in [0, 0.05) is 31.2 Å². The highest BCUT2D eigenvalue weighted by atomic mass is 16.2. The zero-order valence-electron chi connectivity index (χ0n) is 13.6. The topological polar surface area (TPSA) is 58.1 Å². The third-order valence-corrected chi connectivity index (χ3v) is 4.28. The number of nitrogens with one attached hydrogen (secondary N) is 1. The van der Waals surface area contributed by atoms with Gasteiger partial charge in [0.2, 0.25) is 5.95 Å². The fourth-order valence-electron chi connectivity index (χ4n) is 2.66. The van der Waals surface area contributed by atoms with E-state index >= 15 is 0 Å². The summed E-state index contributed by atoms with van der Waals surface area (Å²) in [5.74, 6) is 1.23. The number of nitrogens with zero attached hydrogens (tertiary/aromatic N) is 3. The predicted octanol–water partition coefficient (Wildman–Crippen LogP) is 3.40. The third-order valence-electron chi connectivity index (χ3n) is 4.28. The Kier molecular flexibility index (Phi) is 4.55. The molecule has 120 valence electrons. The van der Waals surface area contributed by atoms with Crippen molar-refractivity contribution < 1.29 is 4.79 Å². The zero-order chi connectivity index (χ0) is 16.2. The molecule has 1 amide bonds. The minimum atomic E-state index is 0.0267. The van der Waals surface area contributed by atoms with E-state index in [4.69, 9.17) is 0 Å². The molecule has 1 N–H and O–H groups in total. The lowest BCUT2D eigenvalue weighted by atomic mass is 9.99. The quantitative estimate of drug-likeness (QED) is 0.944. The fourth-order valence-corrected chi connectivity index (χ4v) is 2.66. The Labute approximate surface area is 136 Å². The number of carbonyl (C=O) groups excluding carboxylic acids is 1. The summed E-state index contributed by atoms with van der Waals surface area (Å²) in [7, 11) is 0. The first kappa shape index (κ1) is 15.5. The van der Waals surface area contributed by atoms with Crippen molar-refractivity contribution in [3.05, 3.63) is 47.8 Å². The first-order valence-corrected chi connectivity index (χ1v) is 8.07. The Morgan fingerprint density at radius 3 is 2.35 bits per heavy atom. The van der Waals surface area contributed by atoms with Crippen molar-refractivity contribution >= 4 is 17.5 Å². The molecule has 0 unspecified atom stereocenters. The van der Waals surface area contributed by atoms with Gasteiger partial charge in [0.15, 0.2) is 0 Å². The summed E-state index contributed by atoms with van der Waals surface area (Å²) in [6, 6.07) is 8.01. The number of anilines is 2. The van der Waals surface area contributed by atoms with Crippen molar-refractivity contribution in [2.75, 3.05) is 18.4 Å². The summed E-state index contributed by atoms with van der Waals surface area (Å²) in [5, 5.41) is 3.14. The van der Waals surface area contributed by atoms with E-state index in [9.17, 15) is 4.79 Å². The lowest BCUT2D eigenvalue weighted by molar-refractivity contribution is 0.0696. The molecule has 0 radical (unpaired) electrons. The smallest absolute Gasteiger partial charge is 0.256 e. The maximum absolute atomic E-state index is 12.4. The van der Waals surface area contributed by atoms with E-state index in [1.54, 1.807) is 12.4 Å². The second-order valence-corrected chi connectivity index (χ2v) is 6.26. The van der Waals surface area contributed by atoms with Gasteiger partial charge in [-0.2, -0.15) is 0 Å². The SMILES string of the molecule is Cc1ccc(Nc2ncc(C(=O)N3CCC(C)CC3)cn2)cc1. The lowest BCUT2D eigenvalue weighted by Crippen LogP contribution is -2.38. The highest BCUT2D eigenvalue weighted by molar-refractivity contribution is 5.93. The summed E-state index contributed by atoms with van der Waals surface area (Å²) < 4.78 is 0. The Bertz CT molecular complexity index is 658. The fraction of sp³-hybridized carbons (Fsp3) is 0.389. The second kappa shape index (κ2) is 6.77. The predicted molar refractivity (Wildman–Crippen MR) is 90.8 cm³/mol. The van der Waals surface area contributed by atoms with Crippen molar-refractivity contribution in [2.24, 2.45) is 5.92 Å². The van der Waals surface area contributed by atoms with Gasteiger partial charge in [0.25, 0.3) is 5.91 Å². The van der Waals surface area contributed by atoms with Crippen LogP contribution >= 0.6 is 0 Å². The van der Waals surface area contributed by atoms with Crippen LogP contribution in [0.15, 0.2) is 36.7 Å². The monoisotopic (exact) mass is 310 g/mol. The number of aryl methyl sites for hydroxylation is 1. The van der Waals surface area contributed by atoms with Crippen molar-refractivity contribution in [3.8, 4) is 0 Å². The molecule has 0 spiro atoms. The van der Waals surface area contributed by atoms with Gasteiger partial charge in [-0.25, -0.2) is 9.97 Å². The van der Waals surface area contributed by atoms with Crippen molar-refractivity contribution in [1.29, 1.82) is 0 Å². The first-order valence-electron chi connectivity index (χ1n) is 8.07. The second-order valence-electron chi connectivity index (χ2n) is 6.26. The van der Waals surface area contributed by atoms with E-state index in [2.05, 4.69) is 22.2 Å². The van der Waals surface area contributed by atoms with Gasteiger partial charge in [-0.05, 0) is 37.8 Å². The molecule has 1 saturated heterocycles. The Morgan fingerprint density at radius 2 is 1.74 bits per heavy atom. The molecule has 0 atom stereocenters. The molecule has 1 fully saturated rings. The Morgan fingerprint density at radius 1 is 1.13 bits per heavy atom. The van der Waals surface area contributed by atoms with Crippen molar-refractivity contribution in [2.45, 2.75) is 26.7 Å². The van der Waals surface area contributed by atoms with Gasteiger partial charge in [0.1, 0.15) is 0 Å². The molecule has 5 heteroatoms. The summed E-state index contributed by atoms with van der Waals surface area (Å²) in [5.41, 5.74) is 2.68. The zero-order valence-corrected chi connectivity index (χ0v) is 13.6. The van der Waals surface area contributed by atoms with Crippen LogP contribution in [-0.4, -0.2) is 33.9 Å². The van der Waals surface area contributed by atoms with E-state index < -0.39 is 0 Å². The number of amides is 1. The van der Waals surface area contributed by atoms with Gasteiger partial charge in [0.05, 0.1) is 5.56 Å². The van der Waals surface area contributed by atoms with Crippen LogP contribution in [0.2, 0.25) is 0 Å². The van der Waals surface area contributed by atoms with E-state index in [1.165, 1.54) is 5.56 Å². The molecule has 0 bridgehead atoms. The highest BCUT2D eigenvalue weighted by Gasteiger charge is 2.21. The van der Waals surface area contributed by atoms with Crippen LogP contribution in [0.1, 0.15) is 35.7 Å². The van der Waals surface area contributed by atoms with Crippen LogP contribution < -0.4 is 5.32 Å². The normalized spacial score (nSPS) is 15.5. The molecule has 1 aromatic carbocycles. The standard InChI is InChI=1S/C18H22N4O/c1-13-3-5-16(6-4-13)21-18-19-11-15(12-20-18)17(23)22-9-7-14(2)8-10-22/h3-6,11-12,14H,7-10H2,1-2H3,(H,19,20,21). The Balaban J connectivity index is 1.64. The average molecular weight is 310 g/mol. The largest absolute Gasteiger partial charge is 0.339 e. The molecular weight excluding hydrogens is 288 g/mol. The molecule has 0 aliphatic carbocycles. The number of hydrogen-bond donors (Lipinski definition) is 1. The van der Waals surface area contributed by atoms with Gasteiger partial charge >= 0.3 is 0 Å². The molecule has 5 nitrogen and oxygen atoms in total. The summed E-state index contributed by atoms with van der Waals surface area (Å²) in [6.07, 6.45) is 5.34. The highest BCUT2D eigenvalue weighted by Crippen LogP contribution is 2.18. The maximum atomic E-state index is 12.4. The lowest BCUT2D eigenvalue weighted by Gasteiger charge is -2.30. The summed E-state index contributed by atoms with van der Waals surface area (Å²) in [4.78, 5) is 22.8. The summed E-state index contributed by atoms with van der Waals surface area (Å²) >= 11 is 0. The van der Waals surface area contributed by atoms with E-state index in [0.717, 1.165) is 31.6 Å². The molecular formula is C18H22N4O. The minimum absolute atomic E-state index is 0.0267. The first-order chi connectivity index (χ1) is 11.1. The summed E-state index contributed by atoms with van der Waals surface area (Å²) in [6.45, 7) is 5.92. The molecule has 2 aromatic rings. The van der Waals surface area contributed by atoms with Crippen LogP contribution in [0, 0.1) is 12.8 Å². The molecule has 23 heavy (non-hydrogen) atoms. The van der Waals surface area contributed by atoms with Crippen LogP contribution in [0.25, 0.3) is 0 Å². The van der Waals surface area contributed by atoms with Gasteiger partial charge in [-0.1, -0.05) is 24.6 Å². The van der Waals surface area contributed by atoms with Crippen molar-refractivity contribution in [1.82, 2.24) is 14.9 Å². The number of likely N-dealkylation sites (tertiary alicyclic amines) is 1. The van der Waals surface area contributed by atoms with Crippen molar-refractivity contribution in [3.63, 3.8) is 0 Å². The van der Waals surface area contributed by atoms with E-state index in [0.29, 0.717) is 17.4 Å². The number of benzene rings is 1. The number of piperidine rings is 1.